The van der Waals surface area contributed by atoms with E-state index in [0.29, 0.717) is 13.0 Å². The summed E-state index contributed by atoms with van der Waals surface area (Å²) in [6.45, 7) is 2.18. The predicted octanol–water partition coefficient (Wildman–Crippen LogP) is 1.56. The van der Waals surface area contributed by atoms with Gasteiger partial charge in [0, 0.05) is 11.6 Å². The molecule has 1 saturated heterocycles. The Hall–Kier alpha value is -2.02. The Morgan fingerprint density at radius 2 is 2.04 bits per heavy atom. The van der Waals surface area contributed by atoms with Crippen molar-refractivity contribution in [1.29, 1.82) is 0 Å². The van der Waals surface area contributed by atoms with Crippen molar-refractivity contribution in [2.24, 2.45) is 0 Å². The summed E-state index contributed by atoms with van der Waals surface area (Å²) >= 11 is 0. The largest absolute Gasteiger partial charge is 0.480 e. The van der Waals surface area contributed by atoms with Crippen molar-refractivity contribution in [1.82, 2.24) is 10.2 Å². The van der Waals surface area contributed by atoms with Gasteiger partial charge < -0.3 is 10.4 Å². The molecule has 0 bridgehead atoms. The van der Waals surface area contributed by atoms with E-state index in [1.165, 1.54) is 18.2 Å². The number of benzene rings is 1. The van der Waals surface area contributed by atoms with Crippen LogP contribution in [0.5, 0.6) is 0 Å². The van der Waals surface area contributed by atoms with Crippen molar-refractivity contribution in [3.05, 3.63) is 35.4 Å². The summed E-state index contributed by atoms with van der Waals surface area (Å²) in [5.41, 5.74) is -0.0649. The lowest BCUT2D eigenvalue weighted by molar-refractivity contribution is -0.142. The molecule has 0 aromatic heterocycles. The first-order valence-electron chi connectivity index (χ1n) is 7.57. The van der Waals surface area contributed by atoms with Crippen LogP contribution in [0.2, 0.25) is 0 Å². The van der Waals surface area contributed by atoms with Crippen LogP contribution in [0.3, 0.4) is 0 Å². The average Bonchev–Trinajstić information content (AvgIpc) is 2.91. The Labute approximate surface area is 133 Å². The van der Waals surface area contributed by atoms with E-state index in [1.54, 1.807) is 11.8 Å². The normalized spacial score (nSPS) is 19.5. The number of carbonyl (C=O) groups is 2. The van der Waals surface area contributed by atoms with E-state index in [0.717, 1.165) is 6.42 Å². The number of hydrogen-bond donors (Lipinski definition) is 2. The van der Waals surface area contributed by atoms with E-state index in [9.17, 15) is 18.4 Å². The standard InChI is InChI=1S/C16H20F2N2O3/c1-10(8-11-12(17)4-2-5-13(11)18)19-15(21)9-20-7-3-6-14(20)16(22)23/h2,4-5,10,14H,3,6-9H2,1H3,(H,19,21)(H,22,23). The fourth-order valence-electron chi connectivity index (χ4n) is 2.88. The van der Waals surface area contributed by atoms with E-state index < -0.39 is 29.7 Å². The van der Waals surface area contributed by atoms with Gasteiger partial charge in [-0.1, -0.05) is 6.07 Å². The lowest BCUT2D eigenvalue weighted by Crippen LogP contribution is -2.45. The van der Waals surface area contributed by atoms with Gasteiger partial charge in [0.25, 0.3) is 0 Å². The SMILES string of the molecule is CC(Cc1c(F)cccc1F)NC(=O)CN1CCCC1C(=O)O. The summed E-state index contributed by atoms with van der Waals surface area (Å²) < 4.78 is 27.2. The summed E-state index contributed by atoms with van der Waals surface area (Å²) in [5, 5.41) is 11.7. The van der Waals surface area contributed by atoms with Crippen LogP contribution in [0.1, 0.15) is 25.3 Å². The first kappa shape index (κ1) is 17.3. The minimum absolute atomic E-state index is 0.0267. The number of likely N-dealkylation sites (tertiary alicyclic amines) is 1. The number of nitrogens with one attached hydrogen (secondary N) is 1. The molecule has 0 spiro atoms. The third-order valence-electron chi connectivity index (χ3n) is 3.97. The van der Waals surface area contributed by atoms with Crippen molar-refractivity contribution < 1.29 is 23.5 Å². The second-order valence-corrected chi connectivity index (χ2v) is 5.84. The zero-order valence-electron chi connectivity index (χ0n) is 12.9. The van der Waals surface area contributed by atoms with Gasteiger partial charge in [-0.15, -0.1) is 0 Å². The third kappa shape index (κ3) is 4.48. The molecule has 0 saturated carbocycles. The van der Waals surface area contributed by atoms with Gasteiger partial charge in [0.05, 0.1) is 6.54 Å². The number of amides is 1. The van der Waals surface area contributed by atoms with Crippen molar-refractivity contribution >= 4 is 11.9 Å². The van der Waals surface area contributed by atoms with Gasteiger partial charge >= 0.3 is 5.97 Å². The number of hydrogen-bond acceptors (Lipinski definition) is 3. The molecule has 0 radical (unpaired) electrons. The Morgan fingerprint density at radius 3 is 2.65 bits per heavy atom. The molecule has 5 nitrogen and oxygen atoms in total. The number of rotatable bonds is 6. The fraction of sp³-hybridized carbons (Fsp3) is 0.500. The molecule has 1 aromatic carbocycles. The molecule has 1 fully saturated rings. The number of carboxylic acid groups (broad SMARTS) is 1. The Kier molecular flexibility index (Phi) is 5.65. The number of carbonyl (C=O) groups excluding carboxylic acids is 1. The monoisotopic (exact) mass is 326 g/mol. The molecular formula is C16H20F2N2O3. The molecule has 23 heavy (non-hydrogen) atoms. The average molecular weight is 326 g/mol. The molecule has 2 unspecified atom stereocenters. The van der Waals surface area contributed by atoms with Gasteiger partial charge in [-0.3, -0.25) is 14.5 Å². The highest BCUT2D eigenvalue weighted by molar-refractivity contribution is 5.80. The van der Waals surface area contributed by atoms with Gasteiger partial charge in [-0.05, 0) is 44.9 Å². The summed E-state index contributed by atoms with van der Waals surface area (Å²) in [7, 11) is 0. The van der Waals surface area contributed by atoms with Crippen LogP contribution >= 0.6 is 0 Å². The fourth-order valence-corrected chi connectivity index (χ4v) is 2.88. The van der Waals surface area contributed by atoms with E-state index in [-0.39, 0.29) is 24.4 Å². The van der Waals surface area contributed by atoms with Crippen LogP contribution in [0.25, 0.3) is 0 Å². The minimum atomic E-state index is -0.934. The Morgan fingerprint density at radius 1 is 1.39 bits per heavy atom. The Balaban J connectivity index is 1.89. The van der Waals surface area contributed by atoms with E-state index in [1.807, 2.05) is 0 Å². The molecule has 2 atom stereocenters. The van der Waals surface area contributed by atoms with Crippen molar-refractivity contribution in [3.8, 4) is 0 Å². The summed E-state index contributed by atoms with van der Waals surface area (Å²) in [6.07, 6.45) is 1.30. The number of carboxylic acids is 1. The van der Waals surface area contributed by atoms with Gasteiger partial charge in [0.2, 0.25) is 5.91 Å². The number of aliphatic carboxylic acids is 1. The van der Waals surface area contributed by atoms with Crippen molar-refractivity contribution in [2.45, 2.75) is 38.3 Å². The number of halogens is 2. The minimum Gasteiger partial charge on any atom is -0.480 e. The molecule has 0 aliphatic carbocycles. The van der Waals surface area contributed by atoms with E-state index in [4.69, 9.17) is 5.11 Å². The van der Waals surface area contributed by atoms with Crippen LogP contribution in [-0.4, -0.2) is 47.1 Å². The lowest BCUT2D eigenvalue weighted by atomic mass is 10.1. The Bertz CT molecular complexity index is 574. The molecule has 1 aliphatic rings. The van der Waals surface area contributed by atoms with E-state index in [2.05, 4.69) is 5.32 Å². The van der Waals surface area contributed by atoms with Gasteiger partial charge in [-0.25, -0.2) is 8.78 Å². The molecule has 7 heteroatoms. The van der Waals surface area contributed by atoms with Crippen LogP contribution in [0.15, 0.2) is 18.2 Å². The molecule has 1 aromatic rings. The highest BCUT2D eigenvalue weighted by Gasteiger charge is 2.31. The maximum absolute atomic E-state index is 13.6. The van der Waals surface area contributed by atoms with Crippen molar-refractivity contribution in [3.63, 3.8) is 0 Å². The quantitative estimate of drug-likeness (QED) is 0.832. The van der Waals surface area contributed by atoms with Crippen LogP contribution in [-0.2, 0) is 16.0 Å². The topological polar surface area (TPSA) is 69.6 Å². The molecule has 2 rings (SSSR count). The highest BCUT2D eigenvalue weighted by Crippen LogP contribution is 2.17. The maximum Gasteiger partial charge on any atom is 0.320 e. The molecule has 1 amide bonds. The second-order valence-electron chi connectivity index (χ2n) is 5.84. The second kappa shape index (κ2) is 7.50. The van der Waals surface area contributed by atoms with Crippen LogP contribution in [0, 0.1) is 11.6 Å². The molecule has 2 N–H and O–H groups in total. The first-order chi connectivity index (χ1) is 10.9. The molecule has 1 aliphatic heterocycles. The lowest BCUT2D eigenvalue weighted by Gasteiger charge is -2.22. The first-order valence-corrected chi connectivity index (χ1v) is 7.57. The van der Waals surface area contributed by atoms with E-state index >= 15 is 0 Å². The van der Waals surface area contributed by atoms with Crippen LogP contribution in [0.4, 0.5) is 8.78 Å². The molecule has 126 valence electrons. The highest BCUT2D eigenvalue weighted by atomic mass is 19.1. The zero-order valence-corrected chi connectivity index (χ0v) is 12.9. The molecular weight excluding hydrogens is 306 g/mol. The summed E-state index contributed by atoms with van der Waals surface area (Å²) in [4.78, 5) is 24.7. The molecule has 1 heterocycles. The number of nitrogens with zero attached hydrogens (tertiary/aromatic N) is 1. The zero-order chi connectivity index (χ0) is 17.0. The van der Waals surface area contributed by atoms with Gasteiger partial charge in [0.1, 0.15) is 17.7 Å². The summed E-state index contributed by atoms with van der Waals surface area (Å²) in [6, 6.07) is 2.54. The van der Waals surface area contributed by atoms with Gasteiger partial charge in [0.15, 0.2) is 0 Å². The maximum atomic E-state index is 13.6. The van der Waals surface area contributed by atoms with Gasteiger partial charge in [-0.2, -0.15) is 0 Å². The smallest absolute Gasteiger partial charge is 0.320 e. The van der Waals surface area contributed by atoms with Crippen LogP contribution < -0.4 is 5.32 Å². The summed E-state index contributed by atoms with van der Waals surface area (Å²) in [5.74, 6) is -2.56. The predicted molar refractivity (Wildman–Crippen MR) is 79.9 cm³/mol. The third-order valence-corrected chi connectivity index (χ3v) is 3.97. The van der Waals surface area contributed by atoms with Crippen molar-refractivity contribution in [2.75, 3.05) is 13.1 Å².